The fourth-order valence-electron chi connectivity index (χ4n) is 3.50. The summed E-state index contributed by atoms with van der Waals surface area (Å²) in [4.78, 5) is 0. The molecule has 2 aliphatic rings. The quantitative estimate of drug-likeness (QED) is 0.819. The van der Waals surface area contributed by atoms with Gasteiger partial charge >= 0.3 is 0 Å². The van der Waals surface area contributed by atoms with Gasteiger partial charge in [-0.15, -0.1) is 0 Å². The van der Waals surface area contributed by atoms with Gasteiger partial charge in [0.2, 0.25) is 0 Å². The van der Waals surface area contributed by atoms with Crippen molar-refractivity contribution >= 4 is 0 Å². The Kier molecular flexibility index (Phi) is 3.90. The lowest BCUT2D eigenvalue weighted by molar-refractivity contribution is 0.403. The van der Waals surface area contributed by atoms with Crippen molar-refractivity contribution in [2.75, 3.05) is 19.6 Å². The van der Waals surface area contributed by atoms with E-state index < -0.39 is 0 Å². The van der Waals surface area contributed by atoms with Crippen LogP contribution in [0.5, 0.6) is 0 Å². The molecule has 19 heavy (non-hydrogen) atoms. The highest BCUT2D eigenvalue weighted by Gasteiger charge is 2.40. The minimum Gasteiger partial charge on any atom is -0.316 e. The number of nitrogens with one attached hydrogen (secondary N) is 2. The minimum atomic E-state index is 0.641. The Morgan fingerprint density at radius 2 is 2.16 bits per heavy atom. The van der Waals surface area contributed by atoms with E-state index >= 15 is 0 Å². The first-order valence-corrected chi connectivity index (χ1v) is 7.82. The highest BCUT2D eigenvalue weighted by Crippen LogP contribution is 2.48. The second-order valence-electron chi connectivity index (χ2n) is 6.41. The molecule has 2 N–H and O–H groups in total. The summed E-state index contributed by atoms with van der Waals surface area (Å²) in [5, 5.41) is 7.28. The van der Waals surface area contributed by atoms with Gasteiger partial charge in [0.15, 0.2) is 0 Å². The van der Waals surface area contributed by atoms with E-state index in [1.165, 1.54) is 37.8 Å². The zero-order valence-electron chi connectivity index (χ0n) is 12.0. The van der Waals surface area contributed by atoms with Gasteiger partial charge in [0, 0.05) is 32.1 Å². The molecular formula is C17H26N2. The maximum atomic E-state index is 3.74. The molecule has 1 aliphatic heterocycles. The average Bonchev–Trinajstić information content (AvgIpc) is 3.19. The van der Waals surface area contributed by atoms with Crippen molar-refractivity contribution in [1.29, 1.82) is 0 Å². The fraction of sp³-hybridized carbons (Fsp3) is 0.647. The summed E-state index contributed by atoms with van der Waals surface area (Å²) in [6.45, 7) is 6.80. The van der Waals surface area contributed by atoms with Crippen LogP contribution in [-0.4, -0.2) is 19.6 Å². The lowest BCUT2D eigenvalue weighted by Crippen LogP contribution is -2.36. The van der Waals surface area contributed by atoms with E-state index in [0.29, 0.717) is 11.3 Å². The van der Waals surface area contributed by atoms with E-state index in [4.69, 9.17) is 0 Å². The van der Waals surface area contributed by atoms with Gasteiger partial charge in [0.05, 0.1) is 0 Å². The molecule has 104 valence electrons. The molecule has 0 saturated heterocycles. The van der Waals surface area contributed by atoms with Crippen LogP contribution in [0.15, 0.2) is 24.3 Å². The van der Waals surface area contributed by atoms with Gasteiger partial charge in [-0.25, -0.2) is 0 Å². The van der Waals surface area contributed by atoms with Crippen LogP contribution in [0.3, 0.4) is 0 Å². The molecule has 1 fully saturated rings. The van der Waals surface area contributed by atoms with Crippen LogP contribution in [0.2, 0.25) is 0 Å². The summed E-state index contributed by atoms with van der Waals surface area (Å²) in [6.07, 6.45) is 5.61. The lowest BCUT2D eigenvalue weighted by atomic mass is 9.90. The Balaban J connectivity index is 1.54. The maximum absolute atomic E-state index is 3.74. The number of hydrogen-bond donors (Lipinski definition) is 2. The van der Waals surface area contributed by atoms with Gasteiger partial charge in [-0.05, 0) is 35.8 Å². The molecule has 0 radical (unpaired) electrons. The first-order valence-electron chi connectivity index (χ1n) is 7.82. The second kappa shape index (κ2) is 5.64. The van der Waals surface area contributed by atoms with Gasteiger partial charge in [0.1, 0.15) is 0 Å². The lowest BCUT2D eigenvalue weighted by Gasteiger charge is -2.27. The van der Waals surface area contributed by atoms with Crippen LogP contribution < -0.4 is 10.6 Å². The van der Waals surface area contributed by atoms with E-state index in [1.54, 1.807) is 5.56 Å². The normalized spacial score (nSPS) is 23.9. The zero-order chi connectivity index (χ0) is 13.1. The van der Waals surface area contributed by atoms with Crippen molar-refractivity contribution in [1.82, 2.24) is 10.6 Å². The average molecular weight is 258 g/mol. The fourth-order valence-corrected chi connectivity index (χ4v) is 3.50. The molecule has 0 aromatic heterocycles. The van der Waals surface area contributed by atoms with Gasteiger partial charge in [-0.1, -0.05) is 37.6 Å². The monoisotopic (exact) mass is 258 g/mol. The van der Waals surface area contributed by atoms with Crippen molar-refractivity contribution < 1.29 is 0 Å². The Morgan fingerprint density at radius 1 is 1.32 bits per heavy atom. The van der Waals surface area contributed by atoms with Crippen LogP contribution in [0.25, 0.3) is 0 Å². The Labute approximate surface area is 117 Å². The predicted octanol–water partition coefficient (Wildman–Crippen LogP) is 3.04. The molecule has 1 unspecified atom stereocenters. The highest BCUT2D eigenvalue weighted by molar-refractivity contribution is 5.32. The molecular weight excluding hydrogens is 232 g/mol. The molecule has 1 aromatic rings. The van der Waals surface area contributed by atoms with Crippen molar-refractivity contribution in [3.05, 3.63) is 35.4 Å². The van der Waals surface area contributed by atoms with Crippen LogP contribution in [0.4, 0.5) is 0 Å². The van der Waals surface area contributed by atoms with E-state index in [-0.39, 0.29) is 0 Å². The molecule has 1 aromatic carbocycles. The number of fused-ring (bicyclic) bond motifs is 1. The molecule has 1 aliphatic carbocycles. The van der Waals surface area contributed by atoms with Crippen molar-refractivity contribution in [2.24, 2.45) is 5.41 Å². The first-order chi connectivity index (χ1) is 9.33. The van der Waals surface area contributed by atoms with Crippen LogP contribution in [0, 0.1) is 5.41 Å². The van der Waals surface area contributed by atoms with Gasteiger partial charge in [-0.2, -0.15) is 0 Å². The molecule has 2 heteroatoms. The van der Waals surface area contributed by atoms with E-state index in [1.807, 2.05) is 0 Å². The number of rotatable bonds is 6. The van der Waals surface area contributed by atoms with Crippen molar-refractivity contribution in [3.63, 3.8) is 0 Å². The van der Waals surface area contributed by atoms with E-state index in [0.717, 1.165) is 19.6 Å². The minimum absolute atomic E-state index is 0.641. The van der Waals surface area contributed by atoms with Crippen molar-refractivity contribution in [2.45, 2.75) is 45.1 Å². The van der Waals surface area contributed by atoms with E-state index in [9.17, 15) is 0 Å². The molecule has 1 heterocycles. The van der Waals surface area contributed by atoms with Crippen LogP contribution in [0.1, 0.15) is 49.7 Å². The van der Waals surface area contributed by atoms with Crippen molar-refractivity contribution in [3.8, 4) is 0 Å². The Morgan fingerprint density at radius 3 is 2.95 bits per heavy atom. The molecule has 1 atom stereocenters. The first kappa shape index (κ1) is 13.1. The molecule has 0 spiro atoms. The Bertz CT molecular complexity index is 423. The largest absolute Gasteiger partial charge is 0.316 e. The smallest absolute Gasteiger partial charge is 0.0208 e. The summed E-state index contributed by atoms with van der Waals surface area (Å²) >= 11 is 0. The summed E-state index contributed by atoms with van der Waals surface area (Å²) < 4.78 is 0. The maximum Gasteiger partial charge on any atom is 0.0208 e. The summed E-state index contributed by atoms with van der Waals surface area (Å²) in [6, 6.07) is 8.89. The van der Waals surface area contributed by atoms with E-state index in [2.05, 4.69) is 41.8 Å². The third-order valence-corrected chi connectivity index (χ3v) is 4.83. The topological polar surface area (TPSA) is 24.1 Å². The number of hydrogen-bond acceptors (Lipinski definition) is 2. The highest BCUT2D eigenvalue weighted by atomic mass is 14.9. The van der Waals surface area contributed by atoms with Crippen LogP contribution >= 0.6 is 0 Å². The zero-order valence-corrected chi connectivity index (χ0v) is 12.0. The molecule has 2 nitrogen and oxygen atoms in total. The molecule has 0 bridgehead atoms. The Hall–Kier alpha value is -0.860. The molecule has 1 saturated carbocycles. The third-order valence-electron chi connectivity index (χ3n) is 4.83. The molecule has 0 amide bonds. The third kappa shape index (κ3) is 3.01. The summed E-state index contributed by atoms with van der Waals surface area (Å²) in [5.74, 6) is 0.641. The second-order valence-corrected chi connectivity index (χ2v) is 6.41. The molecule has 3 rings (SSSR count). The van der Waals surface area contributed by atoms with Gasteiger partial charge < -0.3 is 10.6 Å². The SMILES string of the molecule is CCCC1(CNCC2CNCc3ccccc32)CC1. The summed E-state index contributed by atoms with van der Waals surface area (Å²) in [7, 11) is 0. The number of benzene rings is 1. The van der Waals surface area contributed by atoms with Gasteiger partial charge in [-0.3, -0.25) is 0 Å². The standard InChI is InChI=1S/C17H26N2/c1-2-7-17(8-9-17)13-19-12-15-11-18-10-14-5-3-4-6-16(14)15/h3-6,15,18-19H,2,7-13H2,1H3. The van der Waals surface area contributed by atoms with Gasteiger partial charge in [0.25, 0.3) is 0 Å². The predicted molar refractivity (Wildman–Crippen MR) is 80.3 cm³/mol. The van der Waals surface area contributed by atoms with Crippen LogP contribution in [-0.2, 0) is 6.54 Å². The summed E-state index contributed by atoms with van der Waals surface area (Å²) in [5.41, 5.74) is 3.69.